The van der Waals surface area contributed by atoms with Gasteiger partial charge in [0.1, 0.15) is 6.61 Å². The van der Waals surface area contributed by atoms with Crippen LogP contribution in [0.4, 0.5) is 0 Å². The van der Waals surface area contributed by atoms with Crippen molar-refractivity contribution in [3.63, 3.8) is 0 Å². The van der Waals surface area contributed by atoms with E-state index in [0.29, 0.717) is 0 Å². The molecule has 6 heteroatoms. The van der Waals surface area contributed by atoms with Gasteiger partial charge < -0.3 is 5.11 Å². The molecule has 0 spiro atoms. The quantitative estimate of drug-likeness (QED) is 0.845. The van der Waals surface area contributed by atoms with Crippen LogP contribution in [0.15, 0.2) is 40.6 Å². The first-order chi connectivity index (χ1) is 10.0. The normalized spacial score (nSPS) is 11.0. The maximum absolute atomic E-state index is 12.1. The van der Waals surface area contributed by atoms with Crippen LogP contribution in [-0.4, -0.2) is 20.1 Å². The Labute approximate surface area is 128 Å². The van der Waals surface area contributed by atoms with Crippen molar-refractivity contribution >= 4 is 21.4 Å². The van der Waals surface area contributed by atoms with Gasteiger partial charge in [-0.25, -0.2) is 13.1 Å². The van der Waals surface area contributed by atoms with Gasteiger partial charge >= 0.3 is 0 Å². The van der Waals surface area contributed by atoms with Gasteiger partial charge in [-0.3, -0.25) is 0 Å². The summed E-state index contributed by atoms with van der Waals surface area (Å²) in [5.74, 6) is 5.34. The Balaban J connectivity index is 2.05. The number of thiophene rings is 1. The second-order valence-electron chi connectivity index (χ2n) is 4.40. The van der Waals surface area contributed by atoms with Gasteiger partial charge in [-0.05, 0) is 25.1 Å². The number of aryl methyl sites for hydroxylation is 1. The van der Waals surface area contributed by atoms with Crippen LogP contribution in [0.1, 0.15) is 16.0 Å². The average molecular weight is 321 g/mol. The van der Waals surface area contributed by atoms with Crippen LogP contribution < -0.4 is 4.72 Å². The predicted octanol–water partition coefficient (Wildman–Crippen LogP) is 1.88. The Morgan fingerprint density at radius 3 is 2.67 bits per heavy atom. The molecule has 1 aromatic heterocycles. The van der Waals surface area contributed by atoms with Crippen LogP contribution in [0.5, 0.6) is 0 Å². The monoisotopic (exact) mass is 321 g/mol. The molecule has 0 amide bonds. The molecule has 0 aliphatic carbocycles. The third kappa shape index (κ3) is 4.41. The SMILES string of the molecule is Cc1ccc(S(=O)(=O)NCc2cc(C#CCO)cs2)cc1. The fourth-order valence-electron chi connectivity index (χ4n) is 1.65. The van der Waals surface area contributed by atoms with Crippen LogP contribution >= 0.6 is 11.3 Å². The zero-order valence-corrected chi connectivity index (χ0v) is 13.1. The van der Waals surface area contributed by atoms with E-state index >= 15 is 0 Å². The molecule has 2 rings (SSSR count). The van der Waals surface area contributed by atoms with E-state index in [9.17, 15) is 8.42 Å². The van der Waals surface area contributed by atoms with Crippen LogP contribution in [0, 0.1) is 18.8 Å². The maximum Gasteiger partial charge on any atom is 0.240 e. The Bertz CT molecular complexity index is 765. The van der Waals surface area contributed by atoms with Crippen molar-refractivity contribution in [2.24, 2.45) is 0 Å². The first-order valence-corrected chi connectivity index (χ1v) is 8.61. The highest BCUT2D eigenvalue weighted by Gasteiger charge is 2.13. The van der Waals surface area contributed by atoms with E-state index in [1.165, 1.54) is 11.3 Å². The molecule has 0 fully saturated rings. The fourth-order valence-corrected chi connectivity index (χ4v) is 3.50. The summed E-state index contributed by atoms with van der Waals surface area (Å²) in [7, 11) is -3.50. The van der Waals surface area contributed by atoms with E-state index in [4.69, 9.17) is 5.11 Å². The lowest BCUT2D eigenvalue weighted by molar-refractivity contribution is 0.350. The minimum absolute atomic E-state index is 0.189. The Morgan fingerprint density at radius 1 is 1.29 bits per heavy atom. The molecule has 0 unspecified atom stereocenters. The molecular formula is C15H15NO3S2. The molecule has 0 atom stereocenters. The summed E-state index contributed by atoms with van der Waals surface area (Å²) in [6.07, 6.45) is 0. The van der Waals surface area contributed by atoms with E-state index in [1.54, 1.807) is 24.3 Å². The van der Waals surface area contributed by atoms with Crippen molar-refractivity contribution in [3.05, 3.63) is 51.7 Å². The summed E-state index contributed by atoms with van der Waals surface area (Å²) in [5, 5.41) is 10.5. The van der Waals surface area contributed by atoms with E-state index in [0.717, 1.165) is 16.0 Å². The van der Waals surface area contributed by atoms with Crippen LogP contribution in [0.3, 0.4) is 0 Å². The number of hydrogen-bond acceptors (Lipinski definition) is 4. The first-order valence-electron chi connectivity index (χ1n) is 6.25. The van der Waals surface area contributed by atoms with Gasteiger partial charge in [0.2, 0.25) is 10.0 Å². The number of aliphatic hydroxyl groups excluding tert-OH is 1. The number of nitrogens with one attached hydrogen (secondary N) is 1. The highest BCUT2D eigenvalue weighted by molar-refractivity contribution is 7.89. The molecular weight excluding hydrogens is 306 g/mol. The lowest BCUT2D eigenvalue weighted by atomic mass is 10.2. The molecule has 1 heterocycles. The highest BCUT2D eigenvalue weighted by atomic mass is 32.2. The Morgan fingerprint density at radius 2 is 2.00 bits per heavy atom. The minimum Gasteiger partial charge on any atom is -0.384 e. The second kappa shape index (κ2) is 6.87. The molecule has 0 saturated heterocycles. The lowest BCUT2D eigenvalue weighted by Crippen LogP contribution is -2.22. The number of benzene rings is 1. The van der Waals surface area contributed by atoms with Gasteiger partial charge in [0.15, 0.2) is 0 Å². The maximum atomic E-state index is 12.1. The summed E-state index contributed by atoms with van der Waals surface area (Å²) in [6.45, 7) is 1.94. The van der Waals surface area contributed by atoms with Gasteiger partial charge in [-0.15, -0.1) is 11.3 Å². The predicted molar refractivity (Wildman–Crippen MR) is 83.5 cm³/mol. The number of hydrogen-bond donors (Lipinski definition) is 2. The van der Waals surface area contributed by atoms with E-state index in [1.807, 2.05) is 18.4 Å². The molecule has 2 aromatic rings. The molecule has 4 nitrogen and oxygen atoms in total. The molecule has 0 saturated carbocycles. The van der Waals surface area contributed by atoms with E-state index in [2.05, 4.69) is 16.6 Å². The largest absolute Gasteiger partial charge is 0.384 e. The average Bonchev–Trinajstić information content (AvgIpc) is 2.91. The number of aliphatic hydroxyl groups is 1. The van der Waals surface area contributed by atoms with Crippen molar-refractivity contribution in [1.82, 2.24) is 4.72 Å². The van der Waals surface area contributed by atoms with Crippen LogP contribution in [0.25, 0.3) is 0 Å². The summed E-state index contributed by atoms with van der Waals surface area (Å²) in [5.41, 5.74) is 1.79. The number of rotatable bonds is 4. The van der Waals surface area contributed by atoms with Crippen molar-refractivity contribution in [1.29, 1.82) is 0 Å². The van der Waals surface area contributed by atoms with Crippen LogP contribution in [0.2, 0.25) is 0 Å². The lowest BCUT2D eigenvalue weighted by Gasteiger charge is -2.05. The molecule has 0 aliphatic rings. The summed E-state index contributed by atoms with van der Waals surface area (Å²) < 4.78 is 26.8. The second-order valence-corrected chi connectivity index (χ2v) is 7.16. The first kappa shape index (κ1) is 15.7. The molecule has 0 aliphatic heterocycles. The summed E-state index contributed by atoms with van der Waals surface area (Å²) in [6, 6.07) is 8.52. The van der Waals surface area contributed by atoms with E-state index < -0.39 is 10.0 Å². The standard InChI is InChI=1S/C15H15NO3S2/c1-12-4-6-15(7-5-12)21(18,19)16-10-14-9-13(11-20-14)3-2-8-17/h4-7,9,11,16-17H,8,10H2,1H3. The van der Waals surface area contributed by atoms with Gasteiger partial charge in [-0.2, -0.15) is 0 Å². The zero-order chi connectivity index (χ0) is 15.3. The van der Waals surface area contributed by atoms with Gasteiger partial charge in [-0.1, -0.05) is 29.5 Å². The number of sulfonamides is 1. The zero-order valence-electron chi connectivity index (χ0n) is 11.5. The molecule has 110 valence electrons. The smallest absolute Gasteiger partial charge is 0.240 e. The highest BCUT2D eigenvalue weighted by Crippen LogP contribution is 2.15. The fraction of sp³-hybridized carbons (Fsp3) is 0.200. The topological polar surface area (TPSA) is 66.4 Å². The third-order valence-electron chi connectivity index (χ3n) is 2.73. The van der Waals surface area contributed by atoms with Gasteiger partial charge in [0.25, 0.3) is 0 Å². The minimum atomic E-state index is -3.50. The third-order valence-corrected chi connectivity index (χ3v) is 5.09. The molecule has 0 bridgehead atoms. The van der Waals surface area contributed by atoms with Crippen molar-refractivity contribution < 1.29 is 13.5 Å². The van der Waals surface area contributed by atoms with Gasteiger partial charge in [0.05, 0.1) is 4.90 Å². The van der Waals surface area contributed by atoms with Crippen molar-refractivity contribution in [2.75, 3.05) is 6.61 Å². The molecule has 2 N–H and O–H groups in total. The Hall–Kier alpha value is -1.65. The molecule has 21 heavy (non-hydrogen) atoms. The van der Waals surface area contributed by atoms with Crippen molar-refractivity contribution in [2.45, 2.75) is 18.4 Å². The summed E-state index contributed by atoms with van der Waals surface area (Å²) in [4.78, 5) is 1.12. The van der Waals surface area contributed by atoms with E-state index in [-0.39, 0.29) is 18.0 Å². The van der Waals surface area contributed by atoms with Crippen LogP contribution in [-0.2, 0) is 16.6 Å². The molecule has 1 aromatic carbocycles. The summed E-state index contributed by atoms with van der Waals surface area (Å²) >= 11 is 1.43. The Kier molecular flexibility index (Phi) is 5.15. The molecule has 0 radical (unpaired) electrons. The van der Waals surface area contributed by atoms with Crippen molar-refractivity contribution in [3.8, 4) is 11.8 Å². The van der Waals surface area contributed by atoms with Gasteiger partial charge in [0, 0.05) is 22.4 Å².